The Bertz CT molecular complexity index is 5340. The number of azo groups is 1. The van der Waals surface area contributed by atoms with E-state index in [1.807, 2.05) is 48.5 Å². The molecule has 0 bridgehead atoms. The van der Waals surface area contributed by atoms with Crippen LogP contribution in [0.5, 0.6) is 17.2 Å². The van der Waals surface area contributed by atoms with E-state index in [9.17, 15) is 64.9 Å². The maximum absolute atomic E-state index is 14.7. The Morgan fingerprint density at radius 1 is 0.554 bits per heavy atom. The van der Waals surface area contributed by atoms with Crippen LogP contribution in [0.1, 0.15) is 139 Å². The lowest BCUT2D eigenvalue weighted by Gasteiger charge is -2.18. The Hall–Kier alpha value is -10.7. The summed E-state index contributed by atoms with van der Waals surface area (Å²) in [5, 5.41) is 40.8. The number of esters is 1. The molecule has 0 aliphatic heterocycles. The van der Waals surface area contributed by atoms with Crippen LogP contribution in [0, 0.1) is 119 Å². The first-order chi connectivity index (χ1) is 56.6. The molecule has 11 N–H and O–H groups in total. The van der Waals surface area contributed by atoms with Crippen molar-refractivity contribution < 1.29 is 73.5 Å². The van der Waals surface area contributed by atoms with Crippen molar-refractivity contribution in [3.05, 3.63) is 252 Å². The molecule has 2 heterocycles. The third kappa shape index (κ3) is 28.7. The predicted molar refractivity (Wildman–Crippen MR) is 468 cm³/mol. The number of nitro groups is 2. The minimum absolute atomic E-state index is 0.00109. The second-order valence-corrected chi connectivity index (χ2v) is 31.5. The van der Waals surface area contributed by atoms with Gasteiger partial charge in [0.05, 0.1) is 65.0 Å². The lowest BCUT2D eigenvalue weighted by molar-refractivity contribution is -0.390. The van der Waals surface area contributed by atoms with E-state index in [4.69, 9.17) is 67.3 Å². The molecule has 1 unspecified atom stereocenters. The second-order valence-electron chi connectivity index (χ2n) is 26.0. The highest BCUT2D eigenvalue weighted by atomic mass is 79.9. The van der Waals surface area contributed by atoms with Gasteiger partial charge in [-0.2, -0.15) is 23.0 Å². The molecule has 0 saturated heterocycles. The molecule has 0 radical (unpaired) electrons. The van der Waals surface area contributed by atoms with Gasteiger partial charge < -0.3 is 57.3 Å². The van der Waals surface area contributed by atoms with E-state index in [0.717, 1.165) is 28.4 Å². The van der Waals surface area contributed by atoms with Gasteiger partial charge in [-0.25, -0.2) is 43.4 Å². The molecular formula is C79H84Br6F8N18O10. The maximum atomic E-state index is 14.7. The molecule has 1 amide bonds. The summed E-state index contributed by atoms with van der Waals surface area (Å²) < 4.78 is 134. The third-order valence-electron chi connectivity index (χ3n) is 15.8. The number of rotatable bonds is 22. The number of nitrogens with zero attached hydrogens (tertiary/aromatic N) is 12. The number of aromatic nitrogens is 4. The molecule has 648 valence electrons. The number of benzene rings is 7. The molecule has 9 rings (SSSR count). The number of hydrogen-bond donors (Lipinski definition) is 6. The monoisotopic (exact) mass is 2070 g/mol. The van der Waals surface area contributed by atoms with Crippen molar-refractivity contribution in [2.24, 2.45) is 38.6 Å². The van der Waals surface area contributed by atoms with Crippen LogP contribution in [0.25, 0.3) is 25.9 Å². The van der Waals surface area contributed by atoms with Crippen LogP contribution in [0.3, 0.4) is 0 Å². The van der Waals surface area contributed by atoms with Crippen LogP contribution >= 0.6 is 95.6 Å². The number of aryl methyl sites for hydroxylation is 3. The summed E-state index contributed by atoms with van der Waals surface area (Å²) in [7, 11) is 0. The van der Waals surface area contributed by atoms with Crippen LogP contribution < -0.4 is 48.3 Å². The van der Waals surface area contributed by atoms with Gasteiger partial charge in [0.25, 0.3) is 17.6 Å². The summed E-state index contributed by atoms with van der Waals surface area (Å²) in [6, 6.07) is 19.1. The first-order valence-corrected chi connectivity index (χ1v) is 40.5. The Kier molecular flexibility index (Phi) is 42.0. The SMILES string of the molecule is CCOc1cc(Br)cc(F)c1N.CCOc1cc(Br)cc(F)c1[N+](=O)[O-].CCOc1cc(CN)cc(F)c1-n1nc(C(C)C)c(N)c1C(N)=O.O=[N+]([O-])c1c(F)cc(Br)cc1F.[C-]#[N+]/C(=N\Nc1c(C)cc(Br)cc1F)C(C)C.[C-]#[N+]C(N=Nc1c(C)cc(Br)cc1F)(C(=O)OCC)C(C)C.[C-]#[N+]c1c(N)c(C(C)C)nn1-c1c(C)cc(Br)cc1F. The standard InChI is InChI=1S/C16H22FN5O2.C15H17BrFN3O2.C14H14BrFN4.C12H13BrFN3.C8H7BrFNO3.C8H9BrFNO.C6H2BrF2NO2/c1-4-24-11-6-9(7-18)5-10(17)14(11)22-15(16(20)23)12(19)13(21-22)8(2)3;1-6-22-14(21)15(18-5,9(2)3)20-19-13-10(4)7-11(16)8-12(13)17;1-7(2)12-11(17)14(18-4)20(19-12)13-8(3)5-9(15)6-10(13)16;1-7(2)12(15-4)17-16-11-8(3)5-9(13)6-10(11)14;1-2-14-7-4-5(9)3-6(10)8(7)11(12)13;1-2-12-7-4-5(9)3-6(10)8(7)11;7-3-1-4(8)6(10(11)12)5(9)2-3/h5-6,8H,4,7,18-19H2,1-3H3,(H2,20,23);7-9H,6H2,1-4H3;5-7H,17H2,1-3H3;5-7,16H,1-3H3;3-4H,2H2,1H3;3-4H,2,11H2,1H3;1-2H/b;;;17-12-;;;. The summed E-state index contributed by atoms with van der Waals surface area (Å²) in [4.78, 5) is 52.6. The second kappa shape index (κ2) is 48.7. The van der Waals surface area contributed by atoms with Crippen LogP contribution in [0.2, 0.25) is 0 Å². The van der Waals surface area contributed by atoms with Crippen LogP contribution in [-0.4, -0.2) is 79.2 Å². The number of carbonyl (C=O) groups is 2. The van der Waals surface area contributed by atoms with Crippen molar-refractivity contribution in [2.75, 3.05) is 49.1 Å². The van der Waals surface area contributed by atoms with Gasteiger partial charge in [-0.1, -0.05) is 174 Å². The Morgan fingerprint density at radius 3 is 1.44 bits per heavy atom. The van der Waals surface area contributed by atoms with E-state index in [0.29, 0.717) is 86.6 Å². The number of nitrogen functional groups attached to an aromatic ring is 3. The van der Waals surface area contributed by atoms with Crippen molar-refractivity contribution in [2.45, 2.75) is 128 Å². The number of ether oxygens (including phenoxy) is 4. The van der Waals surface area contributed by atoms with Gasteiger partial charge in [-0.3, -0.25) is 29.9 Å². The average Bonchev–Trinajstić information content (AvgIpc) is 1.61. The van der Waals surface area contributed by atoms with Gasteiger partial charge in [0.15, 0.2) is 40.5 Å². The molecule has 0 aliphatic carbocycles. The Labute approximate surface area is 742 Å². The van der Waals surface area contributed by atoms with Gasteiger partial charge in [0.2, 0.25) is 23.2 Å². The number of halogens is 14. The van der Waals surface area contributed by atoms with Gasteiger partial charge in [-0.05, 0) is 155 Å². The number of hydrazone groups is 1. The largest absolute Gasteiger partial charge is 0.492 e. The third-order valence-corrected chi connectivity index (χ3v) is 18.6. The molecule has 28 nitrogen and oxygen atoms in total. The molecule has 1 atom stereocenters. The molecule has 0 fully saturated rings. The lowest BCUT2D eigenvalue weighted by atomic mass is 9.98. The van der Waals surface area contributed by atoms with Crippen molar-refractivity contribution in [1.82, 2.24) is 19.6 Å². The molecule has 0 spiro atoms. The summed E-state index contributed by atoms with van der Waals surface area (Å²) in [6.45, 7) is 49.6. The molecule has 0 aliphatic rings. The minimum atomic E-state index is -1.80. The molecule has 2 aromatic heterocycles. The summed E-state index contributed by atoms with van der Waals surface area (Å²) in [6.07, 6.45) is 0. The number of nitrogens with two attached hydrogens (primary N) is 5. The molecule has 121 heavy (non-hydrogen) atoms. The quantitative estimate of drug-likeness (QED) is 0.00422. The van der Waals surface area contributed by atoms with E-state index >= 15 is 0 Å². The first-order valence-electron chi connectivity index (χ1n) is 35.7. The number of carbonyl (C=O) groups excluding carboxylic acids is 2. The molecule has 7 aromatic carbocycles. The van der Waals surface area contributed by atoms with Crippen LogP contribution in [-0.2, 0) is 16.1 Å². The highest BCUT2D eigenvalue weighted by Crippen LogP contribution is 2.40. The number of nitro benzene ring substituents is 2. The molecular weight excluding hydrogens is 1990 g/mol. The van der Waals surface area contributed by atoms with Gasteiger partial charge in [0.1, 0.15) is 34.2 Å². The smallest absolute Gasteiger partial charge is 0.439 e. The van der Waals surface area contributed by atoms with Crippen molar-refractivity contribution in [3.8, 4) is 28.6 Å². The summed E-state index contributed by atoms with van der Waals surface area (Å²) >= 11 is 18.6. The van der Waals surface area contributed by atoms with Crippen LogP contribution in [0.4, 0.5) is 80.8 Å². The van der Waals surface area contributed by atoms with E-state index < -0.39 is 91.2 Å². The van der Waals surface area contributed by atoms with Gasteiger partial charge in [-0.15, -0.1) is 5.11 Å². The van der Waals surface area contributed by atoms with Crippen molar-refractivity contribution >= 4 is 159 Å². The number of primary amides is 1. The fourth-order valence-corrected chi connectivity index (χ4v) is 13.0. The molecule has 42 heteroatoms. The average molecular weight is 2080 g/mol. The van der Waals surface area contributed by atoms with Gasteiger partial charge >= 0.3 is 23.0 Å². The summed E-state index contributed by atoms with van der Waals surface area (Å²) in [5.41, 5.74) is 32.0. The summed E-state index contributed by atoms with van der Waals surface area (Å²) in [5.74, 6) is -6.81. The number of nitrogens with one attached hydrogen (secondary N) is 1. The Balaban J connectivity index is 0.000000370. The normalized spacial score (nSPS) is 11.2. The zero-order valence-corrected chi connectivity index (χ0v) is 77.1. The number of amides is 1. The minimum Gasteiger partial charge on any atom is -0.492 e. The van der Waals surface area contributed by atoms with Crippen LogP contribution in [0.15, 0.2) is 127 Å². The lowest BCUT2D eigenvalue weighted by Crippen LogP contribution is -2.40. The predicted octanol–water partition coefficient (Wildman–Crippen LogP) is 23.1. The first kappa shape index (κ1) is 105. The van der Waals surface area contributed by atoms with E-state index in [1.54, 1.807) is 85.7 Å². The zero-order chi connectivity index (χ0) is 92.1. The fraction of sp³-hybridized carbons (Fsp3) is 0.316. The van der Waals surface area contributed by atoms with E-state index in [-0.39, 0.29) is 93.4 Å². The van der Waals surface area contributed by atoms with E-state index in [1.165, 1.54) is 41.1 Å². The highest BCUT2D eigenvalue weighted by molar-refractivity contribution is 9.11. The fourth-order valence-electron chi connectivity index (χ4n) is 10.1. The molecule has 0 saturated carbocycles. The topological polar surface area (TPSA) is 385 Å². The Morgan fingerprint density at radius 2 is 0.992 bits per heavy atom. The number of hydrogen-bond acceptors (Lipinski definition) is 20. The van der Waals surface area contributed by atoms with Gasteiger partial charge in [0, 0.05) is 56.8 Å². The molecule has 9 aromatic rings. The van der Waals surface area contributed by atoms with Crippen molar-refractivity contribution in [1.29, 1.82) is 0 Å². The van der Waals surface area contributed by atoms with Crippen molar-refractivity contribution in [3.63, 3.8) is 0 Å². The maximum Gasteiger partial charge on any atom is 0.439 e. The number of anilines is 4. The zero-order valence-electron chi connectivity index (χ0n) is 67.6. The highest BCUT2D eigenvalue weighted by Gasteiger charge is 2.52. The van der Waals surface area contributed by atoms with E-state index in [2.05, 4.69) is 141 Å². The number of amidine groups is 1.